The van der Waals surface area contributed by atoms with Crippen LogP contribution in [0.3, 0.4) is 0 Å². The summed E-state index contributed by atoms with van der Waals surface area (Å²) in [6.07, 6.45) is 0.172. The number of alkyl halides is 3. The maximum absolute atomic E-state index is 13.0. The van der Waals surface area contributed by atoms with Crippen LogP contribution in [0.4, 0.5) is 19.0 Å². The lowest BCUT2D eigenvalue weighted by atomic mass is 9.74. The molecule has 3 rings (SSSR count). The molecule has 0 radical (unpaired) electrons. The number of hydrogen-bond donors (Lipinski definition) is 1. The van der Waals surface area contributed by atoms with E-state index in [1.807, 2.05) is 13.1 Å². The Kier molecular flexibility index (Phi) is 5.93. The Labute approximate surface area is 163 Å². The van der Waals surface area contributed by atoms with Crippen molar-refractivity contribution in [2.24, 2.45) is 5.41 Å². The molecule has 1 saturated heterocycles. The molecular formula is C21H26F3N3O. The molecule has 0 amide bonds. The predicted octanol–water partition coefficient (Wildman–Crippen LogP) is 4.19. The van der Waals surface area contributed by atoms with Crippen LogP contribution in [0, 0.1) is 12.3 Å². The molecule has 7 heteroatoms. The van der Waals surface area contributed by atoms with Crippen molar-refractivity contribution in [2.75, 3.05) is 24.6 Å². The lowest BCUT2D eigenvalue weighted by Crippen LogP contribution is -2.44. The molecular weight excluding hydrogens is 367 g/mol. The molecule has 2 heterocycles. The summed E-state index contributed by atoms with van der Waals surface area (Å²) < 4.78 is 39.0. The second kappa shape index (κ2) is 8.07. The van der Waals surface area contributed by atoms with Crippen molar-refractivity contribution in [3.63, 3.8) is 0 Å². The molecule has 2 aromatic rings. The number of aliphatic hydroxyl groups is 1. The van der Waals surface area contributed by atoms with Gasteiger partial charge in [-0.2, -0.15) is 13.2 Å². The van der Waals surface area contributed by atoms with Crippen LogP contribution in [0.15, 0.2) is 30.5 Å². The summed E-state index contributed by atoms with van der Waals surface area (Å²) in [7, 11) is 0. The fraction of sp³-hybridized carbons (Fsp3) is 0.524. The van der Waals surface area contributed by atoms with Crippen LogP contribution in [-0.2, 0) is 19.0 Å². The van der Waals surface area contributed by atoms with Crippen molar-refractivity contribution in [2.45, 2.75) is 45.7 Å². The van der Waals surface area contributed by atoms with Crippen LogP contribution in [0.5, 0.6) is 0 Å². The topological polar surface area (TPSA) is 49.2 Å². The second-order valence-electron chi connectivity index (χ2n) is 7.64. The summed E-state index contributed by atoms with van der Waals surface area (Å²) >= 11 is 0. The molecule has 1 aromatic carbocycles. The number of aryl methyl sites for hydroxylation is 2. The Morgan fingerprint density at radius 1 is 1.21 bits per heavy atom. The van der Waals surface area contributed by atoms with Crippen LogP contribution < -0.4 is 4.90 Å². The number of anilines is 1. The Morgan fingerprint density at radius 3 is 2.54 bits per heavy atom. The molecule has 1 aliphatic heterocycles. The average Bonchev–Trinajstić information content (AvgIpc) is 2.68. The van der Waals surface area contributed by atoms with Crippen LogP contribution in [0.25, 0.3) is 0 Å². The fourth-order valence-electron chi connectivity index (χ4n) is 3.88. The number of benzene rings is 1. The van der Waals surface area contributed by atoms with Gasteiger partial charge in [0.05, 0.1) is 5.56 Å². The molecule has 1 fully saturated rings. The molecule has 4 nitrogen and oxygen atoms in total. The van der Waals surface area contributed by atoms with Crippen LogP contribution >= 0.6 is 0 Å². The van der Waals surface area contributed by atoms with Gasteiger partial charge in [-0.05, 0) is 44.2 Å². The van der Waals surface area contributed by atoms with Gasteiger partial charge in [0.1, 0.15) is 11.6 Å². The van der Waals surface area contributed by atoms with Gasteiger partial charge in [0.2, 0.25) is 0 Å². The molecule has 28 heavy (non-hydrogen) atoms. The minimum Gasteiger partial charge on any atom is -0.396 e. The van der Waals surface area contributed by atoms with Gasteiger partial charge in [-0.1, -0.05) is 25.1 Å². The summed E-state index contributed by atoms with van der Waals surface area (Å²) in [5.41, 5.74) is 0.652. The Bertz CT molecular complexity index is 815. The molecule has 0 unspecified atom stereocenters. The zero-order valence-electron chi connectivity index (χ0n) is 16.3. The largest absolute Gasteiger partial charge is 0.416 e. The van der Waals surface area contributed by atoms with Crippen molar-refractivity contribution in [3.8, 4) is 0 Å². The number of halogens is 3. The van der Waals surface area contributed by atoms with Crippen molar-refractivity contribution in [1.29, 1.82) is 0 Å². The molecule has 0 spiro atoms. The molecule has 1 aromatic heterocycles. The van der Waals surface area contributed by atoms with E-state index >= 15 is 0 Å². The zero-order valence-corrected chi connectivity index (χ0v) is 16.3. The van der Waals surface area contributed by atoms with Gasteiger partial charge in [-0.25, -0.2) is 9.97 Å². The van der Waals surface area contributed by atoms with E-state index in [0.29, 0.717) is 37.9 Å². The SMILES string of the molecule is CCc1cnc(C)nc1N1CCC(CO)(Cc2cccc(C(F)(F)F)c2)CC1. The van der Waals surface area contributed by atoms with E-state index in [1.165, 1.54) is 12.1 Å². The Morgan fingerprint density at radius 2 is 1.93 bits per heavy atom. The fourth-order valence-corrected chi connectivity index (χ4v) is 3.88. The van der Waals surface area contributed by atoms with Crippen molar-refractivity contribution in [1.82, 2.24) is 9.97 Å². The van der Waals surface area contributed by atoms with E-state index < -0.39 is 17.2 Å². The quantitative estimate of drug-likeness (QED) is 0.828. The highest BCUT2D eigenvalue weighted by Crippen LogP contribution is 2.38. The molecule has 1 N–H and O–H groups in total. The van der Waals surface area contributed by atoms with Crippen molar-refractivity contribution in [3.05, 3.63) is 53.0 Å². The minimum atomic E-state index is -4.35. The van der Waals surface area contributed by atoms with Gasteiger partial charge in [0.15, 0.2) is 0 Å². The Balaban J connectivity index is 1.75. The highest BCUT2D eigenvalue weighted by molar-refractivity contribution is 5.46. The smallest absolute Gasteiger partial charge is 0.396 e. The molecule has 0 atom stereocenters. The van der Waals surface area contributed by atoms with Gasteiger partial charge in [0, 0.05) is 36.9 Å². The number of piperidine rings is 1. The summed E-state index contributed by atoms with van der Waals surface area (Å²) in [5.74, 6) is 1.65. The molecule has 0 bridgehead atoms. The average molecular weight is 393 g/mol. The first kappa shape index (κ1) is 20.6. The number of rotatable bonds is 5. The van der Waals surface area contributed by atoms with Gasteiger partial charge < -0.3 is 10.0 Å². The highest BCUT2D eigenvalue weighted by atomic mass is 19.4. The van der Waals surface area contributed by atoms with E-state index in [1.54, 1.807) is 6.07 Å². The first-order valence-corrected chi connectivity index (χ1v) is 9.61. The summed E-state index contributed by atoms with van der Waals surface area (Å²) in [5, 5.41) is 10.1. The van der Waals surface area contributed by atoms with E-state index in [-0.39, 0.29) is 6.61 Å². The normalized spacial score (nSPS) is 17.0. The highest BCUT2D eigenvalue weighted by Gasteiger charge is 2.36. The van der Waals surface area contributed by atoms with Crippen LogP contribution in [0.2, 0.25) is 0 Å². The molecule has 152 valence electrons. The van der Waals surface area contributed by atoms with Gasteiger partial charge in [-0.15, -0.1) is 0 Å². The number of hydrogen-bond acceptors (Lipinski definition) is 4. The summed E-state index contributed by atoms with van der Waals surface area (Å²) in [4.78, 5) is 11.1. The maximum atomic E-state index is 13.0. The minimum absolute atomic E-state index is 0.0411. The van der Waals surface area contributed by atoms with Gasteiger partial charge in [-0.3, -0.25) is 0 Å². The number of aliphatic hydroxyl groups excluding tert-OH is 1. The molecule has 0 saturated carbocycles. The maximum Gasteiger partial charge on any atom is 0.416 e. The lowest BCUT2D eigenvalue weighted by molar-refractivity contribution is -0.137. The first-order chi connectivity index (χ1) is 13.3. The lowest BCUT2D eigenvalue weighted by Gasteiger charge is -2.42. The van der Waals surface area contributed by atoms with Crippen LogP contribution in [-0.4, -0.2) is 34.8 Å². The number of aromatic nitrogens is 2. The van der Waals surface area contributed by atoms with E-state index in [4.69, 9.17) is 0 Å². The first-order valence-electron chi connectivity index (χ1n) is 9.61. The van der Waals surface area contributed by atoms with Crippen molar-refractivity contribution < 1.29 is 18.3 Å². The zero-order chi connectivity index (χ0) is 20.4. The molecule has 1 aliphatic rings. The third-order valence-electron chi connectivity index (χ3n) is 5.64. The van der Waals surface area contributed by atoms with Gasteiger partial charge >= 0.3 is 6.18 Å². The summed E-state index contributed by atoms with van der Waals surface area (Å²) in [6, 6.07) is 5.44. The standard InChI is InChI=1S/C21H26F3N3O/c1-3-17-13-25-15(2)26-19(17)27-9-7-20(14-28,8-10-27)12-16-5-4-6-18(11-16)21(22,23)24/h4-6,11,13,28H,3,7-10,12,14H2,1-2H3. The van der Waals surface area contributed by atoms with Crippen LogP contribution in [0.1, 0.15) is 42.3 Å². The van der Waals surface area contributed by atoms with E-state index in [0.717, 1.165) is 29.7 Å². The number of nitrogens with zero attached hydrogens (tertiary/aromatic N) is 3. The van der Waals surface area contributed by atoms with E-state index in [9.17, 15) is 18.3 Å². The molecule has 0 aliphatic carbocycles. The monoisotopic (exact) mass is 393 g/mol. The second-order valence-corrected chi connectivity index (χ2v) is 7.64. The third kappa shape index (κ3) is 4.46. The third-order valence-corrected chi connectivity index (χ3v) is 5.64. The summed E-state index contributed by atoms with van der Waals surface area (Å²) in [6.45, 7) is 5.30. The Hall–Kier alpha value is -2.15. The van der Waals surface area contributed by atoms with Crippen molar-refractivity contribution >= 4 is 5.82 Å². The van der Waals surface area contributed by atoms with Gasteiger partial charge in [0.25, 0.3) is 0 Å². The van der Waals surface area contributed by atoms with E-state index in [2.05, 4.69) is 21.8 Å². The predicted molar refractivity (Wildman–Crippen MR) is 102 cm³/mol.